The van der Waals surface area contributed by atoms with Crippen molar-refractivity contribution in [3.05, 3.63) is 24.4 Å². The monoisotopic (exact) mass is 270 g/mol. The highest BCUT2D eigenvalue weighted by Gasteiger charge is 2.44. The summed E-state index contributed by atoms with van der Waals surface area (Å²) >= 11 is 0. The van der Waals surface area contributed by atoms with Crippen molar-refractivity contribution in [1.82, 2.24) is 10.2 Å². The standard InChI is InChI=1S/C12H18N2O5/c1-2-3-14-5-7(4-13-12(14)18)11-10(17)9(16)8(6-15)19-11/h2,5,8-11,15-17H,1,3-4,6H2,(H,13,18)/t8-,9?,10?,11+/m1/s1. The number of ether oxygens (including phenoxy) is 1. The molecule has 2 aliphatic rings. The average Bonchev–Trinajstić information content (AvgIpc) is 2.69. The molecule has 0 spiro atoms. The fourth-order valence-corrected chi connectivity index (χ4v) is 2.24. The van der Waals surface area contributed by atoms with E-state index < -0.39 is 24.4 Å². The van der Waals surface area contributed by atoms with Crippen LogP contribution in [0.4, 0.5) is 4.79 Å². The summed E-state index contributed by atoms with van der Waals surface area (Å²) in [6.45, 7) is 3.76. The minimum absolute atomic E-state index is 0.235. The Kier molecular flexibility index (Phi) is 4.20. The zero-order chi connectivity index (χ0) is 14.0. The lowest BCUT2D eigenvalue weighted by Crippen LogP contribution is -2.45. The quantitative estimate of drug-likeness (QED) is 0.469. The number of amides is 2. The van der Waals surface area contributed by atoms with Crippen LogP contribution in [0.5, 0.6) is 0 Å². The maximum atomic E-state index is 11.5. The minimum atomic E-state index is -1.14. The van der Waals surface area contributed by atoms with Crippen LogP contribution in [0.1, 0.15) is 0 Å². The molecule has 2 unspecified atom stereocenters. The van der Waals surface area contributed by atoms with Gasteiger partial charge in [0.1, 0.15) is 24.4 Å². The van der Waals surface area contributed by atoms with Gasteiger partial charge in [0.05, 0.1) is 6.61 Å². The molecule has 1 fully saturated rings. The van der Waals surface area contributed by atoms with Gasteiger partial charge in [-0.15, -0.1) is 6.58 Å². The van der Waals surface area contributed by atoms with Gasteiger partial charge in [0.15, 0.2) is 0 Å². The number of aliphatic hydroxyl groups is 3. The average molecular weight is 270 g/mol. The van der Waals surface area contributed by atoms with E-state index in [1.165, 1.54) is 4.90 Å². The molecule has 106 valence electrons. The van der Waals surface area contributed by atoms with Crippen LogP contribution in [-0.4, -0.2) is 70.4 Å². The van der Waals surface area contributed by atoms with Gasteiger partial charge in [-0.05, 0) is 5.57 Å². The highest BCUT2D eigenvalue weighted by atomic mass is 16.6. The molecule has 0 aromatic heterocycles. The van der Waals surface area contributed by atoms with Gasteiger partial charge in [0.25, 0.3) is 0 Å². The van der Waals surface area contributed by atoms with Gasteiger partial charge in [0.2, 0.25) is 0 Å². The zero-order valence-corrected chi connectivity index (χ0v) is 10.4. The number of nitrogens with zero attached hydrogens (tertiary/aromatic N) is 1. The van der Waals surface area contributed by atoms with Crippen molar-refractivity contribution in [1.29, 1.82) is 0 Å². The molecular weight excluding hydrogens is 252 g/mol. The molecule has 2 aliphatic heterocycles. The van der Waals surface area contributed by atoms with Gasteiger partial charge in [-0.1, -0.05) is 6.08 Å². The normalized spacial score (nSPS) is 35.0. The van der Waals surface area contributed by atoms with E-state index in [9.17, 15) is 15.0 Å². The van der Waals surface area contributed by atoms with Crippen LogP contribution >= 0.6 is 0 Å². The van der Waals surface area contributed by atoms with Crippen LogP contribution in [-0.2, 0) is 4.74 Å². The number of rotatable bonds is 4. The van der Waals surface area contributed by atoms with E-state index in [-0.39, 0.29) is 19.2 Å². The maximum absolute atomic E-state index is 11.5. The Balaban J connectivity index is 2.15. The van der Waals surface area contributed by atoms with Crippen LogP contribution in [0.15, 0.2) is 24.4 Å². The number of urea groups is 1. The Bertz CT molecular complexity index is 398. The van der Waals surface area contributed by atoms with Crippen LogP contribution < -0.4 is 5.32 Å². The minimum Gasteiger partial charge on any atom is -0.394 e. The molecule has 7 heteroatoms. The highest BCUT2D eigenvalue weighted by molar-refractivity contribution is 5.77. The second-order valence-electron chi connectivity index (χ2n) is 4.56. The number of nitrogens with one attached hydrogen (secondary N) is 1. The van der Waals surface area contributed by atoms with E-state index in [0.29, 0.717) is 12.1 Å². The Labute approximate surface area is 110 Å². The van der Waals surface area contributed by atoms with Gasteiger partial charge >= 0.3 is 6.03 Å². The van der Waals surface area contributed by atoms with E-state index in [0.717, 1.165) is 0 Å². The molecule has 4 N–H and O–H groups in total. The fraction of sp³-hybridized carbons (Fsp3) is 0.583. The lowest BCUT2D eigenvalue weighted by atomic mass is 10.0. The Morgan fingerprint density at radius 2 is 2.26 bits per heavy atom. The van der Waals surface area contributed by atoms with Gasteiger partial charge in [-0.2, -0.15) is 0 Å². The lowest BCUT2D eigenvalue weighted by Gasteiger charge is -2.28. The summed E-state index contributed by atoms with van der Waals surface area (Å²) in [5, 5.41) is 31.3. The third-order valence-electron chi connectivity index (χ3n) is 3.26. The molecule has 0 aliphatic carbocycles. The molecule has 4 atom stereocenters. The first kappa shape index (κ1) is 14.0. The molecule has 0 bridgehead atoms. The fourth-order valence-electron chi connectivity index (χ4n) is 2.24. The topological polar surface area (TPSA) is 102 Å². The summed E-state index contributed by atoms with van der Waals surface area (Å²) < 4.78 is 5.41. The molecule has 19 heavy (non-hydrogen) atoms. The molecule has 0 aromatic rings. The highest BCUT2D eigenvalue weighted by Crippen LogP contribution is 2.27. The van der Waals surface area contributed by atoms with E-state index in [1.54, 1.807) is 12.3 Å². The predicted octanol–water partition coefficient (Wildman–Crippen LogP) is -1.44. The van der Waals surface area contributed by atoms with E-state index >= 15 is 0 Å². The summed E-state index contributed by atoms with van der Waals surface area (Å²) in [6.07, 6.45) is -0.645. The van der Waals surface area contributed by atoms with Crippen LogP contribution in [0.25, 0.3) is 0 Å². The van der Waals surface area contributed by atoms with Crippen molar-refractivity contribution in [2.75, 3.05) is 19.7 Å². The smallest absolute Gasteiger partial charge is 0.321 e. The molecule has 7 nitrogen and oxygen atoms in total. The van der Waals surface area contributed by atoms with E-state index in [4.69, 9.17) is 9.84 Å². The second-order valence-corrected chi connectivity index (χ2v) is 4.56. The van der Waals surface area contributed by atoms with Crippen molar-refractivity contribution in [3.8, 4) is 0 Å². The van der Waals surface area contributed by atoms with Crippen LogP contribution in [0.2, 0.25) is 0 Å². The van der Waals surface area contributed by atoms with Gasteiger partial charge in [0, 0.05) is 19.3 Å². The zero-order valence-electron chi connectivity index (χ0n) is 10.4. The molecule has 1 saturated heterocycles. The Morgan fingerprint density at radius 3 is 2.84 bits per heavy atom. The van der Waals surface area contributed by atoms with Gasteiger partial charge in [-0.3, -0.25) is 4.90 Å². The van der Waals surface area contributed by atoms with Crippen molar-refractivity contribution >= 4 is 6.03 Å². The van der Waals surface area contributed by atoms with E-state index in [1.807, 2.05) is 0 Å². The molecule has 0 saturated carbocycles. The maximum Gasteiger partial charge on any atom is 0.321 e. The third-order valence-corrected chi connectivity index (χ3v) is 3.26. The Hall–Kier alpha value is -1.41. The second kappa shape index (κ2) is 5.70. The molecule has 2 heterocycles. The Morgan fingerprint density at radius 1 is 1.53 bits per heavy atom. The van der Waals surface area contributed by atoms with Gasteiger partial charge < -0.3 is 25.4 Å². The SMILES string of the molecule is C=CCN1C=C([C@@H]2O[C@H](CO)C(O)C2O)CNC1=O. The molecule has 2 amide bonds. The van der Waals surface area contributed by atoms with Gasteiger partial charge in [-0.25, -0.2) is 4.79 Å². The summed E-state index contributed by atoms with van der Waals surface area (Å²) in [5.41, 5.74) is 0.643. The number of hydrogen-bond acceptors (Lipinski definition) is 5. The van der Waals surface area contributed by atoms with E-state index in [2.05, 4.69) is 11.9 Å². The largest absolute Gasteiger partial charge is 0.394 e. The molecular formula is C12H18N2O5. The predicted molar refractivity (Wildman–Crippen MR) is 66.1 cm³/mol. The molecule has 0 aromatic carbocycles. The summed E-state index contributed by atoms with van der Waals surface area (Å²) in [5.74, 6) is 0. The summed E-state index contributed by atoms with van der Waals surface area (Å²) in [6, 6.07) is -0.254. The van der Waals surface area contributed by atoms with Crippen molar-refractivity contribution < 1.29 is 24.9 Å². The summed E-state index contributed by atoms with van der Waals surface area (Å²) in [4.78, 5) is 12.9. The van der Waals surface area contributed by atoms with Crippen molar-refractivity contribution in [3.63, 3.8) is 0 Å². The third kappa shape index (κ3) is 2.64. The molecule has 2 rings (SSSR count). The first-order chi connectivity index (χ1) is 9.08. The number of carbonyl (C=O) groups is 1. The molecule has 0 radical (unpaired) electrons. The van der Waals surface area contributed by atoms with Crippen molar-refractivity contribution in [2.24, 2.45) is 0 Å². The first-order valence-electron chi connectivity index (χ1n) is 6.07. The van der Waals surface area contributed by atoms with Crippen LogP contribution in [0, 0.1) is 0 Å². The lowest BCUT2D eigenvalue weighted by molar-refractivity contribution is -0.0145. The number of aliphatic hydroxyl groups excluding tert-OH is 3. The number of hydrogen-bond donors (Lipinski definition) is 4. The number of carbonyl (C=O) groups excluding carboxylic acids is 1. The summed E-state index contributed by atoms with van der Waals surface area (Å²) in [7, 11) is 0. The van der Waals surface area contributed by atoms with Crippen molar-refractivity contribution in [2.45, 2.75) is 24.4 Å². The first-order valence-corrected chi connectivity index (χ1v) is 6.07. The van der Waals surface area contributed by atoms with Crippen LogP contribution in [0.3, 0.4) is 0 Å².